The maximum Gasteiger partial charge on any atom is 0.319 e. The van der Waals surface area contributed by atoms with Gasteiger partial charge in [0.05, 0.1) is 7.11 Å². The molecule has 0 aliphatic carbocycles. The van der Waals surface area contributed by atoms with Crippen molar-refractivity contribution in [2.24, 2.45) is 0 Å². The van der Waals surface area contributed by atoms with Gasteiger partial charge in [-0.2, -0.15) is 0 Å². The fourth-order valence-corrected chi connectivity index (χ4v) is 4.29. The van der Waals surface area contributed by atoms with E-state index in [4.69, 9.17) is 16.3 Å². The first-order chi connectivity index (χ1) is 15.4. The van der Waals surface area contributed by atoms with Gasteiger partial charge in [0.25, 0.3) is 0 Å². The van der Waals surface area contributed by atoms with E-state index in [1.54, 1.807) is 48.4 Å². The van der Waals surface area contributed by atoms with Crippen molar-refractivity contribution in [1.82, 2.24) is 15.5 Å². The van der Waals surface area contributed by atoms with E-state index in [2.05, 4.69) is 16.0 Å². The molecular weight excluding hydrogens is 432 g/mol. The number of carbonyl (C=O) groups excluding carboxylic acids is 3. The van der Waals surface area contributed by atoms with Gasteiger partial charge in [-0.3, -0.25) is 9.59 Å². The number of urea groups is 1. The number of methoxy groups -OCH3 is 1. The minimum absolute atomic E-state index is 0.0920. The number of halogens is 1. The molecule has 32 heavy (non-hydrogen) atoms. The van der Waals surface area contributed by atoms with Crippen LogP contribution in [0.1, 0.15) is 18.4 Å². The predicted octanol–water partition coefficient (Wildman–Crippen LogP) is 2.57. The van der Waals surface area contributed by atoms with Gasteiger partial charge in [-0.15, -0.1) is 0 Å². The van der Waals surface area contributed by atoms with E-state index in [9.17, 15) is 14.4 Å². The highest BCUT2D eigenvalue weighted by molar-refractivity contribution is 6.30. The molecule has 0 radical (unpaired) electrons. The van der Waals surface area contributed by atoms with E-state index in [-0.39, 0.29) is 23.9 Å². The van der Waals surface area contributed by atoms with Crippen LogP contribution in [0.2, 0.25) is 5.02 Å². The largest absolute Gasteiger partial charge is 0.497 e. The zero-order chi connectivity index (χ0) is 22.7. The lowest BCUT2D eigenvalue weighted by atomic mass is 9.91. The van der Waals surface area contributed by atoms with Crippen molar-refractivity contribution in [2.75, 3.05) is 19.0 Å². The highest BCUT2D eigenvalue weighted by Gasteiger charge is 2.44. The van der Waals surface area contributed by atoms with Crippen LogP contribution in [0.3, 0.4) is 0 Å². The Morgan fingerprint density at radius 1 is 1.16 bits per heavy atom. The van der Waals surface area contributed by atoms with E-state index >= 15 is 0 Å². The van der Waals surface area contributed by atoms with Crippen LogP contribution in [0.5, 0.6) is 5.75 Å². The molecule has 2 aliphatic heterocycles. The molecule has 8 nitrogen and oxygen atoms in total. The maximum atomic E-state index is 13.0. The van der Waals surface area contributed by atoms with Gasteiger partial charge in [-0.1, -0.05) is 23.7 Å². The number of benzene rings is 2. The molecule has 0 saturated carbocycles. The molecule has 0 spiro atoms. The summed E-state index contributed by atoms with van der Waals surface area (Å²) < 4.78 is 5.11. The Balaban J connectivity index is 1.33. The van der Waals surface area contributed by atoms with Gasteiger partial charge in [0.15, 0.2) is 0 Å². The second-order valence-corrected chi connectivity index (χ2v) is 8.42. The van der Waals surface area contributed by atoms with Crippen LogP contribution in [0, 0.1) is 0 Å². The molecular formula is C23H25ClN4O4. The van der Waals surface area contributed by atoms with E-state index in [0.29, 0.717) is 42.3 Å². The highest BCUT2D eigenvalue weighted by atomic mass is 35.5. The number of piperidine rings is 1. The number of rotatable bonds is 5. The first-order valence-corrected chi connectivity index (χ1v) is 10.9. The number of nitrogens with zero attached hydrogens (tertiary/aromatic N) is 1. The molecule has 2 aliphatic rings. The number of carbonyl (C=O) groups is 3. The molecule has 3 unspecified atom stereocenters. The van der Waals surface area contributed by atoms with Crippen molar-refractivity contribution in [1.29, 1.82) is 0 Å². The van der Waals surface area contributed by atoms with Crippen molar-refractivity contribution in [3.63, 3.8) is 0 Å². The van der Waals surface area contributed by atoms with Gasteiger partial charge in [-0.25, -0.2) is 4.79 Å². The van der Waals surface area contributed by atoms with Crippen molar-refractivity contribution < 1.29 is 19.1 Å². The molecule has 0 aromatic heterocycles. The Morgan fingerprint density at radius 2 is 1.88 bits per heavy atom. The summed E-state index contributed by atoms with van der Waals surface area (Å²) in [6, 6.07) is 12.5. The lowest BCUT2D eigenvalue weighted by Crippen LogP contribution is -2.67. The minimum atomic E-state index is -0.595. The third-order valence-corrected chi connectivity index (χ3v) is 6.09. The summed E-state index contributed by atoms with van der Waals surface area (Å²) in [5.74, 6) is 0.419. The van der Waals surface area contributed by atoms with Gasteiger partial charge >= 0.3 is 6.03 Å². The smallest absolute Gasteiger partial charge is 0.319 e. The first kappa shape index (κ1) is 22.0. The molecule has 2 aromatic rings. The monoisotopic (exact) mass is 456 g/mol. The van der Waals surface area contributed by atoms with Crippen LogP contribution < -0.4 is 20.7 Å². The molecule has 2 aromatic carbocycles. The first-order valence-electron chi connectivity index (χ1n) is 10.5. The van der Waals surface area contributed by atoms with E-state index in [0.717, 1.165) is 5.56 Å². The van der Waals surface area contributed by atoms with Crippen LogP contribution in [0.4, 0.5) is 10.5 Å². The maximum absolute atomic E-state index is 13.0. The van der Waals surface area contributed by atoms with Crippen LogP contribution in [0.15, 0.2) is 48.5 Å². The molecule has 2 saturated heterocycles. The topological polar surface area (TPSA) is 99.8 Å². The number of fused-ring (bicyclic) bond motifs is 1. The molecule has 3 atom stereocenters. The molecule has 2 fully saturated rings. The number of amides is 4. The van der Waals surface area contributed by atoms with Crippen molar-refractivity contribution >= 4 is 35.1 Å². The van der Waals surface area contributed by atoms with Crippen LogP contribution in [0.25, 0.3) is 0 Å². The third-order valence-electron chi connectivity index (χ3n) is 5.84. The van der Waals surface area contributed by atoms with Crippen LogP contribution in [-0.2, 0) is 16.0 Å². The molecule has 9 heteroatoms. The molecule has 2 heterocycles. The molecule has 4 rings (SSSR count). The highest BCUT2D eigenvalue weighted by Crippen LogP contribution is 2.24. The van der Waals surface area contributed by atoms with Crippen LogP contribution >= 0.6 is 11.6 Å². The number of hydrogen-bond donors (Lipinski definition) is 3. The van der Waals surface area contributed by atoms with Crippen LogP contribution in [-0.4, -0.2) is 54.5 Å². The fourth-order valence-electron chi connectivity index (χ4n) is 4.16. The van der Waals surface area contributed by atoms with Crippen molar-refractivity contribution in [2.45, 2.75) is 37.4 Å². The Hall–Kier alpha value is -3.26. The summed E-state index contributed by atoms with van der Waals surface area (Å²) in [6.07, 6.45) is 1.37. The second-order valence-electron chi connectivity index (χ2n) is 7.99. The minimum Gasteiger partial charge on any atom is -0.497 e. The Kier molecular flexibility index (Phi) is 6.50. The average Bonchev–Trinajstić information content (AvgIpc) is 2.79. The summed E-state index contributed by atoms with van der Waals surface area (Å²) in [5.41, 5.74) is 1.56. The predicted molar refractivity (Wildman–Crippen MR) is 121 cm³/mol. The summed E-state index contributed by atoms with van der Waals surface area (Å²) in [6.45, 7) is 0.418. The van der Waals surface area contributed by atoms with Crippen molar-refractivity contribution in [3.8, 4) is 5.75 Å². The lowest BCUT2D eigenvalue weighted by molar-refractivity contribution is -0.151. The SMILES string of the molecule is COc1ccc(NC(=O)NC2CCN3C(=O)C(Cc4ccc(Cl)cc4)NC(=O)C3C2)cc1. The van der Waals surface area contributed by atoms with Gasteiger partial charge in [0.1, 0.15) is 17.8 Å². The Morgan fingerprint density at radius 3 is 2.56 bits per heavy atom. The summed E-state index contributed by atoms with van der Waals surface area (Å²) in [4.78, 5) is 39.7. The molecule has 3 N–H and O–H groups in total. The van der Waals surface area contributed by atoms with Gasteiger partial charge in [0.2, 0.25) is 11.8 Å². The van der Waals surface area contributed by atoms with Crippen molar-refractivity contribution in [3.05, 3.63) is 59.1 Å². The second kappa shape index (κ2) is 9.48. The molecule has 4 amide bonds. The van der Waals surface area contributed by atoms with Gasteiger partial charge in [-0.05, 0) is 54.8 Å². The summed E-state index contributed by atoms with van der Waals surface area (Å²) in [5, 5.41) is 9.16. The number of ether oxygens (including phenoxy) is 1. The number of nitrogens with one attached hydrogen (secondary N) is 3. The van der Waals surface area contributed by atoms with Gasteiger partial charge in [0, 0.05) is 29.7 Å². The normalized spacial score (nSPS) is 22.6. The molecule has 168 valence electrons. The Labute approximate surface area is 191 Å². The standard InChI is InChI=1S/C23H25ClN4O4/c1-32-18-8-6-16(7-9-18)25-23(31)26-17-10-11-28-20(13-17)21(29)27-19(22(28)30)12-14-2-4-15(24)5-3-14/h2-9,17,19-20H,10-13H2,1H3,(H,27,29)(H2,25,26,31). The number of hydrogen-bond acceptors (Lipinski definition) is 4. The quantitative estimate of drug-likeness (QED) is 0.643. The zero-order valence-corrected chi connectivity index (χ0v) is 18.4. The third kappa shape index (κ3) is 4.96. The number of piperazine rings is 1. The molecule has 0 bridgehead atoms. The van der Waals surface area contributed by atoms with Gasteiger partial charge < -0.3 is 25.6 Å². The van der Waals surface area contributed by atoms with E-state index in [1.807, 2.05) is 12.1 Å². The fraction of sp³-hybridized carbons (Fsp3) is 0.348. The van der Waals surface area contributed by atoms with E-state index < -0.39 is 12.1 Å². The van der Waals surface area contributed by atoms with E-state index in [1.165, 1.54) is 0 Å². The summed E-state index contributed by atoms with van der Waals surface area (Å²) >= 11 is 5.92. The summed E-state index contributed by atoms with van der Waals surface area (Å²) in [7, 11) is 1.58. The number of anilines is 1. The zero-order valence-electron chi connectivity index (χ0n) is 17.6. The Bertz CT molecular complexity index is 996. The lowest BCUT2D eigenvalue weighted by Gasteiger charge is -2.44. The average molecular weight is 457 g/mol.